The number of carbonyl (C=O) groups excluding carboxylic acids is 2. The molecule has 1 aromatic heterocycles. The molecule has 5 rings (SSSR count). The van der Waals surface area contributed by atoms with Crippen LogP contribution in [0.15, 0.2) is 79.3 Å². The van der Waals surface area contributed by atoms with Gasteiger partial charge in [-0.3, -0.25) is 9.59 Å². The van der Waals surface area contributed by atoms with Crippen LogP contribution < -0.4 is 21.1 Å². The summed E-state index contributed by atoms with van der Waals surface area (Å²) in [6.07, 6.45) is 4.58. The summed E-state index contributed by atoms with van der Waals surface area (Å²) in [4.78, 5) is 29.8. The molecule has 0 radical (unpaired) electrons. The van der Waals surface area contributed by atoms with Crippen LogP contribution in [-0.2, 0) is 24.3 Å². The number of nitriles is 1. The van der Waals surface area contributed by atoms with Gasteiger partial charge in [0.1, 0.15) is 11.8 Å². The fraction of sp³-hybridized carbons (Fsp3) is 0.226. The second kappa shape index (κ2) is 12.7. The lowest BCUT2D eigenvalue weighted by atomic mass is 9.96. The number of aromatic nitrogens is 2. The number of imidazole rings is 1. The number of benzene rings is 3. The van der Waals surface area contributed by atoms with Crippen molar-refractivity contribution in [3.63, 3.8) is 0 Å². The number of hydrogen-bond acceptors (Lipinski definition) is 6. The van der Waals surface area contributed by atoms with Crippen molar-refractivity contribution in [2.75, 3.05) is 6.61 Å². The smallest absolute Gasteiger partial charge is 0.255 e. The summed E-state index contributed by atoms with van der Waals surface area (Å²) >= 11 is 5.96. The molecule has 10 heteroatoms. The van der Waals surface area contributed by atoms with Crippen LogP contribution in [0.4, 0.5) is 0 Å². The molecule has 1 aliphatic rings. The average Bonchev–Trinajstić information content (AvgIpc) is 3.43. The highest BCUT2D eigenvalue weighted by atomic mass is 35.5. The monoisotopic (exact) mass is 568 g/mol. The Morgan fingerprint density at radius 3 is 2.61 bits per heavy atom. The highest BCUT2D eigenvalue weighted by molar-refractivity contribution is 6.30. The van der Waals surface area contributed by atoms with Gasteiger partial charge in [-0.05, 0) is 41.5 Å². The molecule has 2 atom stereocenters. The van der Waals surface area contributed by atoms with Gasteiger partial charge in [-0.1, -0.05) is 48.0 Å². The quantitative estimate of drug-likeness (QED) is 0.265. The van der Waals surface area contributed by atoms with Crippen molar-refractivity contribution >= 4 is 23.4 Å². The van der Waals surface area contributed by atoms with E-state index < -0.39 is 17.9 Å². The lowest BCUT2D eigenvalue weighted by molar-refractivity contribution is -0.119. The van der Waals surface area contributed by atoms with E-state index in [0.29, 0.717) is 41.6 Å². The Bertz CT molecular complexity index is 1580. The zero-order valence-electron chi connectivity index (χ0n) is 22.2. The van der Waals surface area contributed by atoms with E-state index in [0.717, 1.165) is 28.8 Å². The first-order chi connectivity index (χ1) is 19.9. The van der Waals surface area contributed by atoms with E-state index in [1.54, 1.807) is 48.8 Å². The van der Waals surface area contributed by atoms with E-state index in [4.69, 9.17) is 27.3 Å². The van der Waals surface area contributed by atoms with Gasteiger partial charge in [0.15, 0.2) is 0 Å². The lowest BCUT2D eigenvalue weighted by Crippen LogP contribution is -2.46. The predicted octanol–water partition coefficient (Wildman–Crippen LogP) is 3.90. The fourth-order valence-corrected chi connectivity index (χ4v) is 5.00. The minimum absolute atomic E-state index is 0.0502. The molecule has 0 fully saturated rings. The Kier molecular flexibility index (Phi) is 8.63. The Labute approximate surface area is 242 Å². The number of ether oxygens (including phenoxy) is 1. The number of fused-ring (bicyclic) bond motifs is 1. The highest BCUT2D eigenvalue weighted by Crippen LogP contribution is 2.35. The topological polar surface area (TPSA) is 135 Å². The van der Waals surface area contributed by atoms with Crippen LogP contribution in [0.1, 0.15) is 50.8 Å². The molecule has 0 aliphatic carbocycles. The molecular formula is C31H29ClN6O3. The molecule has 208 valence electrons. The third-order valence-electron chi connectivity index (χ3n) is 7.08. The lowest BCUT2D eigenvalue weighted by Gasteiger charge is -2.28. The molecule has 2 heterocycles. The molecular weight excluding hydrogens is 540 g/mol. The second-order valence-electron chi connectivity index (χ2n) is 9.88. The minimum Gasteiger partial charge on any atom is -0.492 e. The zero-order chi connectivity index (χ0) is 28.8. The first kappa shape index (κ1) is 27.9. The molecule has 0 bridgehead atoms. The fourth-order valence-electron chi connectivity index (χ4n) is 4.88. The number of hydrogen-bond donors (Lipinski definition) is 3. The molecule has 9 nitrogen and oxygen atoms in total. The van der Waals surface area contributed by atoms with Crippen molar-refractivity contribution in [2.45, 2.75) is 38.0 Å². The molecule has 4 aromatic rings. The number of nitrogens with zero attached hydrogens (tertiary/aromatic N) is 3. The first-order valence-corrected chi connectivity index (χ1v) is 13.6. The van der Waals surface area contributed by atoms with Gasteiger partial charge in [0.2, 0.25) is 5.91 Å². The molecule has 2 amide bonds. The Morgan fingerprint density at radius 2 is 1.88 bits per heavy atom. The van der Waals surface area contributed by atoms with Crippen molar-refractivity contribution in [3.8, 4) is 11.8 Å². The van der Waals surface area contributed by atoms with E-state index in [1.807, 2.05) is 30.5 Å². The van der Waals surface area contributed by atoms with Gasteiger partial charge in [-0.2, -0.15) is 5.26 Å². The largest absolute Gasteiger partial charge is 0.492 e. The number of nitrogens with one attached hydrogen (secondary N) is 2. The number of halogens is 1. The van der Waals surface area contributed by atoms with Crippen LogP contribution in [0, 0.1) is 11.3 Å². The van der Waals surface area contributed by atoms with Gasteiger partial charge in [0.05, 0.1) is 35.8 Å². The van der Waals surface area contributed by atoms with Crippen LogP contribution in [0.3, 0.4) is 0 Å². The van der Waals surface area contributed by atoms with Gasteiger partial charge in [0.25, 0.3) is 5.91 Å². The minimum atomic E-state index is -0.895. The van der Waals surface area contributed by atoms with Crippen LogP contribution >= 0.6 is 11.6 Å². The van der Waals surface area contributed by atoms with Crippen LogP contribution in [0.25, 0.3) is 0 Å². The summed E-state index contributed by atoms with van der Waals surface area (Å²) in [7, 11) is 0. The van der Waals surface area contributed by atoms with Gasteiger partial charge >= 0.3 is 0 Å². The van der Waals surface area contributed by atoms with Crippen molar-refractivity contribution in [1.29, 1.82) is 5.26 Å². The number of amides is 2. The van der Waals surface area contributed by atoms with E-state index >= 15 is 0 Å². The van der Waals surface area contributed by atoms with Crippen LogP contribution in [0.5, 0.6) is 5.75 Å². The first-order valence-electron chi connectivity index (χ1n) is 13.2. The third kappa shape index (κ3) is 6.74. The van der Waals surface area contributed by atoms with Crippen molar-refractivity contribution in [2.24, 2.45) is 5.73 Å². The maximum absolute atomic E-state index is 13.3. The second-order valence-corrected chi connectivity index (χ2v) is 10.3. The third-order valence-corrected chi connectivity index (χ3v) is 7.34. The molecule has 0 spiro atoms. The molecule has 2 unspecified atom stereocenters. The summed E-state index contributed by atoms with van der Waals surface area (Å²) in [6, 6.07) is 21.2. The maximum Gasteiger partial charge on any atom is 0.255 e. The zero-order valence-corrected chi connectivity index (χ0v) is 23.0. The number of para-hydroxylation sites is 1. The average molecular weight is 569 g/mol. The van der Waals surface area contributed by atoms with E-state index in [2.05, 4.69) is 26.3 Å². The Balaban J connectivity index is 1.27. The molecule has 3 aromatic carbocycles. The van der Waals surface area contributed by atoms with Gasteiger partial charge in [0, 0.05) is 48.8 Å². The van der Waals surface area contributed by atoms with E-state index in [9.17, 15) is 9.59 Å². The van der Waals surface area contributed by atoms with Crippen molar-refractivity contribution < 1.29 is 14.3 Å². The molecule has 4 N–H and O–H groups in total. The maximum atomic E-state index is 13.3. The number of carbonyl (C=O) groups is 2. The van der Waals surface area contributed by atoms with Crippen molar-refractivity contribution in [1.82, 2.24) is 20.2 Å². The Hall–Kier alpha value is -4.65. The summed E-state index contributed by atoms with van der Waals surface area (Å²) in [5.74, 6) is -0.563. The van der Waals surface area contributed by atoms with Gasteiger partial charge in [-0.15, -0.1) is 0 Å². The number of nitrogens with two attached hydrogens (primary N) is 1. The standard InChI is InChI=1S/C31H29ClN6O3/c32-23-10-8-20(9-11-23)14-28(30(34)39)37-31(40)26-3-1-2-25-27(12-13-41-29(25)26)36-17-24-16-35-19-38(24)18-22-6-4-21(15-33)5-7-22/h1-11,16,19,27-28,36H,12-14,17-18H2,(H2,34,39)(H,37,40). The molecule has 41 heavy (non-hydrogen) atoms. The van der Waals surface area contributed by atoms with Gasteiger partial charge in [-0.25, -0.2) is 4.98 Å². The van der Waals surface area contributed by atoms with E-state index in [1.165, 1.54) is 0 Å². The molecule has 0 saturated heterocycles. The summed E-state index contributed by atoms with van der Waals surface area (Å²) in [6.45, 7) is 1.62. The number of rotatable bonds is 10. The molecule has 1 aliphatic heterocycles. The SMILES string of the molecule is N#Cc1ccc(Cn2cncc2CNC2CCOc3c(C(=O)NC(Cc4ccc(Cl)cc4)C(N)=O)cccc32)cc1. The van der Waals surface area contributed by atoms with Crippen LogP contribution in [0.2, 0.25) is 5.02 Å². The summed E-state index contributed by atoms with van der Waals surface area (Å²) < 4.78 is 8.02. The Morgan fingerprint density at radius 1 is 1.12 bits per heavy atom. The number of primary amides is 1. The van der Waals surface area contributed by atoms with Gasteiger partial charge < -0.3 is 25.7 Å². The highest BCUT2D eigenvalue weighted by Gasteiger charge is 2.28. The van der Waals surface area contributed by atoms with Crippen molar-refractivity contribution in [3.05, 3.63) is 118 Å². The van der Waals surface area contributed by atoms with E-state index in [-0.39, 0.29) is 12.5 Å². The normalized spacial score (nSPS) is 14.8. The predicted molar refractivity (Wildman–Crippen MR) is 154 cm³/mol. The summed E-state index contributed by atoms with van der Waals surface area (Å²) in [5.41, 5.74) is 10.4. The summed E-state index contributed by atoms with van der Waals surface area (Å²) in [5, 5.41) is 16.0. The molecule has 0 saturated carbocycles. The van der Waals surface area contributed by atoms with Crippen LogP contribution in [-0.4, -0.2) is 34.0 Å².